The number of aryl methyl sites for hydroxylation is 1. The van der Waals surface area contributed by atoms with Gasteiger partial charge >= 0.3 is 0 Å². The van der Waals surface area contributed by atoms with E-state index in [9.17, 15) is 9.59 Å². The maximum absolute atomic E-state index is 12.6. The quantitative estimate of drug-likeness (QED) is 0.857. The highest BCUT2D eigenvalue weighted by molar-refractivity contribution is 5.76. The van der Waals surface area contributed by atoms with E-state index in [0.29, 0.717) is 49.6 Å². The predicted octanol–water partition coefficient (Wildman–Crippen LogP) is 2.23. The Morgan fingerprint density at radius 3 is 2.68 bits per heavy atom. The molecule has 3 rings (SSSR count). The number of aromatic amines is 1. The van der Waals surface area contributed by atoms with Crippen LogP contribution in [0.2, 0.25) is 0 Å². The van der Waals surface area contributed by atoms with Gasteiger partial charge in [0.15, 0.2) is 11.5 Å². The first kappa shape index (κ1) is 19.5. The fourth-order valence-electron chi connectivity index (χ4n) is 3.39. The van der Waals surface area contributed by atoms with Crippen molar-refractivity contribution >= 4 is 5.91 Å². The second kappa shape index (κ2) is 8.17. The summed E-state index contributed by atoms with van der Waals surface area (Å²) in [6.45, 7) is 5.06. The van der Waals surface area contributed by atoms with Crippen molar-refractivity contribution in [2.24, 2.45) is 0 Å². The Balaban J connectivity index is 1.66. The van der Waals surface area contributed by atoms with Gasteiger partial charge in [0.1, 0.15) is 24.8 Å². The van der Waals surface area contributed by atoms with Crippen LogP contribution in [0.5, 0.6) is 11.5 Å². The monoisotopic (exact) mass is 381 g/mol. The van der Waals surface area contributed by atoms with Gasteiger partial charge in [0, 0.05) is 25.7 Å². The van der Waals surface area contributed by atoms with E-state index in [-0.39, 0.29) is 17.0 Å². The van der Waals surface area contributed by atoms with Crippen molar-refractivity contribution in [1.82, 2.24) is 9.88 Å². The van der Waals surface area contributed by atoms with E-state index in [4.69, 9.17) is 14.7 Å². The van der Waals surface area contributed by atoms with Crippen LogP contribution in [-0.4, -0.2) is 36.1 Å². The lowest BCUT2D eigenvalue weighted by Crippen LogP contribution is -2.27. The molecule has 0 unspecified atom stereocenters. The molecule has 0 atom stereocenters. The fraction of sp³-hybridized carbons (Fsp3) is 0.381. The zero-order chi connectivity index (χ0) is 20.3. The molecular weight excluding hydrogens is 358 g/mol. The van der Waals surface area contributed by atoms with Gasteiger partial charge in [0.05, 0.1) is 0 Å². The number of pyridine rings is 1. The van der Waals surface area contributed by atoms with Crippen LogP contribution in [0.15, 0.2) is 23.0 Å². The summed E-state index contributed by atoms with van der Waals surface area (Å²) >= 11 is 0. The van der Waals surface area contributed by atoms with Crippen molar-refractivity contribution in [2.45, 2.75) is 33.2 Å². The van der Waals surface area contributed by atoms with Crippen LogP contribution in [0.3, 0.4) is 0 Å². The topological polar surface area (TPSA) is 95.4 Å². The summed E-state index contributed by atoms with van der Waals surface area (Å²) < 4.78 is 11.1. The number of amides is 1. The average molecular weight is 381 g/mol. The number of carbonyl (C=O) groups is 1. The third kappa shape index (κ3) is 4.01. The Morgan fingerprint density at radius 1 is 1.25 bits per heavy atom. The van der Waals surface area contributed by atoms with Crippen molar-refractivity contribution < 1.29 is 14.3 Å². The van der Waals surface area contributed by atoms with Gasteiger partial charge in [-0.25, -0.2) is 0 Å². The van der Waals surface area contributed by atoms with Crippen LogP contribution in [0.25, 0.3) is 0 Å². The first-order valence-corrected chi connectivity index (χ1v) is 9.15. The van der Waals surface area contributed by atoms with Crippen molar-refractivity contribution in [3.8, 4) is 17.6 Å². The normalized spacial score (nSPS) is 12.4. The molecule has 1 aromatic heterocycles. The minimum absolute atomic E-state index is 0.0154. The molecule has 0 saturated heterocycles. The molecule has 7 nitrogen and oxygen atoms in total. The van der Waals surface area contributed by atoms with Crippen molar-refractivity contribution in [3.63, 3.8) is 0 Å². The first-order chi connectivity index (χ1) is 13.4. The molecule has 0 spiro atoms. The number of nitriles is 1. The molecule has 2 heterocycles. The number of nitrogens with zero attached hydrogens (tertiary/aromatic N) is 2. The number of H-pyrrole nitrogens is 1. The maximum atomic E-state index is 12.6. The van der Waals surface area contributed by atoms with Gasteiger partial charge < -0.3 is 19.4 Å². The summed E-state index contributed by atoms with van der Waals surface area (Å²) in [4.78, 5) is 28.8. The fourth-order valence-corrected chi connectivity index (χ4v) is 3.39. The van der Waals surface area contributed by atoms with E-state index in [1.165, 1.54) is 0 Å². The van der Waals surface area contributed by atoms with Crippen LogP contribution in [0, 0.1) is 25.2 Å². The Bertz CT molecular complexity index is 1000. The molecule has 146 valence electrons. The minimum atomic E-state index is -0.386. The highest BCUT2D eigenvalue weighted by Gasteiger charge is 2.17. The number of hydrogen-bond acceptors (Lipinski definition) is 5. The Kier molecular flexibility index (Phi) is 5.69. The average Bonchev–Trinajstić information content (AvgIpc) is 2.67. The molecule has 1 amide bonds. The smallest absolute Gasteiger partial charge is 0.266 e. The highest BCUT2D eigenvalue weighted by atomic mass is 16.6. The molecular formula is C21H23N3O4. The minimum Gasteiger partial charge on any atom is -0.486 e. The molecule has 1 N–H and O–H groups in total. The third-order valence-electron chi connectivity index (χ3n) is 4.96. The number of hydrogen-bond donors (Lipinski definition) is 1. The van der Waals surface area contributed by atoms with E-state index in [2.05, 4.69) is 4.98 Å². The third-order valence-corrected chi connectivity index (χ3v) is 4.96. The zero-order valence-electron chi connectivity index (χ0n) is 16.3. The Morgan fingerprint density at radius 2 is 1.96 bits per heavy atom. The van der Waals surface area contributed by atoms with Gasteiger partial charge in [0.2, 0.25) is 5.91 Å². The summed E-state index contributed by atoms with van der Waals surface area (Å²) in [5.74, 6) is 1.41. The molecule has 28 heavy (non-hydrogen) atoms. The number of benzene rings is 1. The summed E-state index contributed by atoms with van der Waals surface area (Å²) in [6, 6.07) is 7.62. The lowest BCUT2D eigenvalue weighted by Gasteiger charge is -2.21. The van der Waals surface area contributed by atoms with Gasteiger partial charge in [0.25, 0.3) is 5.56 Å². The zero-order valence-corrected chi connectivity index (χ0v) is 16.3. The molecule has 1 aromatic carbocycles. The van der Waals surface area contributed by atoms with Crippen molar-refractivity contribution in [1.29, 1.82) is 5.26 Å². The summed E-state index contributed by atoms with van der Waals surface area (Å²) in [5, 5.41) is 9.16. The standard InChI is InChI=1S/C21H23N3O4/c1-13-16(14(2)23-21(26)17(13)11-22)5-7-20(25)24(3)12-15-4-6-18-19(10-15)28-9-8-27-18/h4,6,10H,5,7-9,12H2,1-3H3,(H,23,26). The van der Waals surface area contributed by atoms with Crippen LogP contribution in [0.4, 0.5) is 0 Å². The highest BCUT2D eigenvalue weighted by Crippen LogP contribution is 2.31. The van der Waals surface area contributed by atoms with Crippen LogP contribution in [0.1, 0.15) is 34.4 Å². The molecule has 0 saturated carbocycles. The molecule has 2 aromatic rings. The number of rotatable bonds is 5. The van der Waals surface area contributed by atoms with Crippen LogP contribution in [-0.2, 0) is 17.8 Å². The molecule has 0 radical (unpaired) electrons. The molecule has 1 aliphatic rings. The number of fused-ring (bicyclic) bond motifs is 1. The molecule has 1 aliphatic heterocycles. The lowest BCUT2D eigenvalue weighted by atomic mass is 9.99. The predicted molar refractivity (Wildman–Crippen MR) is 103 cm³/mol. The maximum Gasteiger partial charge on any atom is 0.266 e. The van der Waals surface area contributed by atoms with Crippen LogP contribution < -0.4 is 15.0 Å². The molecule has 7 heteroatoms. The van der Waals surface area contributed by atoms with E-state index in [1.54, 1.807) is 25.8 Å². The van der Waals surface area contributed by atoms with Crippen molar-refractivity contribution in [3.05, 3.63) is 56.5 Å². The second-order valence-corrected chi connectivity index (χ2v) is 6.90. The van der Waals surface area contributed by atoms with E-state index < -0.39 is 0 Å². The molecule has 0 aliphatic carbocycles. The second-order valence-electron chi connectivity index (χ2n) is 6.90. The summed E-state index contributed by atoms with van der Waals surface area (Å²) in [7, 11) is 1.76. The first-order valence-electron chi connectivity index (χ1n) is 9.15. The SMILES string of the molecule is Cc1[nH]c(=O)c(C#N)c(C)c1CCC(=O)N(C)Cc1ccc2c(c1)OCCO2. The number of ether oxygens (including phenoxy) is 2. The van der Waals surface area contributed by atoms with Gasteiger partial charge in [-0.15, -0.1) is 0 Å². The van der Waals surface area contributed by atoms with E-state index in [0.717, 1.165) is 16.9 Å². The van der Waals surface area contributed by atoms with Crippen molar-refractivity contribution in [2.75, 3.05) is 20.3 Å². The Labute approximate surface area is 163 Å². The summed E-state index contributed by atoms with van der Waals surface area (Å²) in [5.41, 5.74) is 2.87. The van der Waals surface area contributed by atoms with Gasteiger partial charge in [-0.3, -0.25) is 9.59 Å². The Hall–Kier alpha value is -3.27. The van der Waals surface area contributed by atoms with E-state index >= 15 is 0 Å². The van der Waals surface area contributed by atoms with E-state index in [1.807, 2.05) is 24.3 Å². The van der Waals surface area contributed by atoms with Gasteiger partial charge in [-0.1, -0.05) is 6.07 Å². The number of aromatic nitrogens is 1. The lowest BCUT2D eigenvalue weighted by molar-refractivity contribution is -0.130. The number of nitrogens with one attached hydrogen (secondary N) is 1. The van der Waals surface area contributed by atoms with Gasteiger partial charge in [-0.05, 0) is 49.1 Å². The number of carbonyl (C=O) groups excluding carboxylic acids is 1. The largest absolute Gasteiger partial charge is 0.486 e. The molecule has 0 bridgehead atoms. The summed E-state index contributed by atoms with van der Waals surface area (Å²) in [6.07, 6.45) is 0.757. The molecule has 0 fully saturated rings. The van der Waals surface area contributed by atoms with Crippen LogP contribution >= 0.6 is 0 Å². The van der Waals surface area contributed by atoms with Gasteiger partial charge in [-0.2, -0.15) is 5.26 Å².